The van der Waals surface area contributed by atoms with E-state index in [-0.39, 0.29) is 12.3 Å². The van der Waals surface area contributed by atoms with Gasteiger partial charge in [-0.1, -0.05) is 12.1 Å². The standard InChI is InChI=1S/C15H20N2O3S/c1-16(8-4-7-15(19)20)11-14(18)17-9-10-21-13-6-3-2-5-12(13)17/h2-3,5-6H,4,7-11H2,1H3,(H,19,20). The Balaban J connectivity index is 1.90. The summed E-state index contributed by atoms with van der Waals surface area (Å²) in [5, 5.41) is 8.63. The Kier molecular flexibility index (Phi) is 5.64. The molecule has 0 unspecified atom stereocenters. The molecule has 0 aliphatic carbocycles. The monoisotopic (exact) mass is 308 g/mol. The van der Waals surface area contributed by atoms with Crippen LogP contribution in [-0.4, -0.2) is 54.3 Å². The summed E-state index contributed by atoms with van der Waals surface area (Å²) in [6.07, 6.45) is 0.702. The number of carbonyl (C=O) groups excluding carboxylic acids is 1. The van der Waals surface area contributed by atoms with Crippen LogP contribution in [0.1, 0.15) is 12.8 Å². The molecule has 0 radical (unpaired) electrons. The van der Waals surface area contributed by atoms with Gasteiger partial charge in [0.25, 0.3) is 0 Å². The van der Waals surface area contributed by atoms with Crippen LogP contribution < -0.4 is 4.90 Å². The number of hydrogen-bond donors (Lipinski definition) is 1. The second-order valence-electron chi connectivity index (χ2n) is 5.10. The van der Waals surface area contributed by atoms with E-state index in [0.717, 1.165) is 22.9 Å². The van der Waals surface area contributed by atoms with Crippen LogP contribution in [0.15, 0.2) is 29.2 Å². The summed E-state index contributed by atoms with van der Waals surface area (Å²) in [6.45, 7) is 1.66. The smallest absolute Gasteiger partial charge is 0.303 e. The highest BCUT2D eigenvalue weighted by molar-refractivity contribution is 7.99. The van der Waals surface area contributed by atoms with Crippen molar-refractivity contribution in [3.05, 3.63) is 24.3 Å². The molecule has 0 fully saturated rings. The molecule has 2 rings (SSSR count). The summed E-state index contributed by atoms with van der Waals surface area (Å²) < 4.78 is 0. The lowest BCUT2D eigenvalue weighted by Crippen LogP contribution is -2.42. The molecule has 1 amide bonds. The first-order valence-corrected chi connectivity index (χ1v) is 7.99. The predicted molar refractivity (Wildman–Crippen MR) is 83.9 cm³/mol. The zero-order valence-corrected chi connectivity index (χ0v) is 12.9. The molecular weight excluding hydrogens is 288 g/mol. The minimum Gasteiger partial charge on any atom is -0.481 e. The number of anilines is 1. The molecule has 6 heteroatoms. The van der Waals surface area contributed by atoms with Crippen molar-refractivity contribution < 1.29 is 14.7 Å². The maximum Gasteiger partial charge on any atom is 0.303 e. The van der Waals surface area contributed by atoms with Crippen molar-refractivity contribution in [1.29, 1.82) is 0 Å². The number of para-hydroxylation sites is 1. The van der Waals surface area contributed by atoms with E-state index in [1.54, 1.807) is 11.8 Å². The summed E-state index contributed by atoms with van der Waals surface area (Å²) >= 11 is 1.77. The Hall–Kier alpha value is -1.53. The van der Waals surface area contributed by atoms with Gasteiger partial charge in [0, 0.05) is 23.6 Å². The van der Waals surface area contributed by atoms with Gasteiger partial charge in [0.2, 0.25) is 5.91 Å². The van der Waals surface area contributed by atoms with Gasteiger partial charge in [0.15, 0.2) is 0 Å². The third kappa shape index (κ3) is 4.47. The van der Waals surface area contributed by atoms with Crippen LogP contribution in [0.4, 0.5) is 5.69 Å². The minimum absolute atomic E-state index is 0.0700. The van der Waals surface area contributed by atoms with E-state index < -0.39 is 5.97 Å². The van der Waals surface area contributed by atoms with Gasteiger partial charge in [-0.3, -0.25) is 14.5 Å². The van der Waals surface area contributed by atoms with Crippen LogP contribution in [0.25, 0.3) is 0 Å². The van der Waals surface area contributed by atoms with Gasteiger partial charge in [-0.05, 0) is 32.1 Å². The Morgan fingerprint density at radius 1 is 1.38 bits per heavy atom. The SMILES string of the molecule is CN(CCCC(=O)O)CC(=O)N1CCSc2ccccc21. The molecule has 5 nitrogen and oxygen atoms in total. The van der Waals surface area contributed by atoms with Crippen molar-refractivity contribution in [3.63, 3.8) is 0 Å². The van der Waals surface area contributed by atoms with Crippen molar-refractivity contribution in [2.24, 2.45) is 0 Å². The van der Waals surface area contributed by atoms with Crippen molar-refractivity contribution in [1.82, 2.24) is 4.90 Å². The third-order valence-corrected chi connectivity index (χ3v) is 4.41. The molecular formula is C15H20N2O3S. The molecule has 1 aromatic rings. The normalized spacial score (nSPS) is 14.1. The van der Waals surface area contributed by atoms with E-state index in [4.69, 9.17) is 5.11 Å². The highest BCUT2D eigenvalue weighted by Gasteiger charge is 2.23. The van der Waals surface area contributed by atoms with Crippen LogP contribution in [0.5, 0.6) is 0 Å². The van der Waals surface area contributed by atoms with Crippen molar-refractivity contribution in [3.8, 4) is 0 Å². The van der Waals surface area contributed by atoms with Gasteiger partial charge in [-0.15, -0.1) is 11.8 Å². The Morgan fingerprint density at radius 2 is 2.14 bits per heavy atom. The minimum atomic E-state index is -0.795. The number of amides is 1. The quantitative estimate of drug-likeness (QED) is 0.870. The zero-order valence-electron chi connectivity index (χ0n) is 12.1. The molecule has 114 valence electrons. The van der Waals surface area contributed by atoms with Gasteiger partial charge < -0.3 is 10.0 Å². The molecule has 1 aliphatic rings. The summed E-state index contributed by atoms with van der Waals surface area (Å²) in [5.74, 6) is 0.183. The number of benzene rings is 1. The highest BCUT2D eigenvalue weighted by atomic mass is 32.2. The summed E-state index contributed by atoms with van der Waals surface area (Å²) in [5.41, 5.74) is 0.984. The molecule has 0 atom stereocenters. The zero-order chi connectivity index (χ0) is 15.2. The number of aliphatic carboxylic acids is 1. The fraction of sp³-hybridized carbons (Fsp3) is 0.467. The number of hydrogen-bond acceptors (Lipinski definition) is 4. The average Bonchev–Trinajstić information content (AvgIpc) is 2.46. The molecule has 0 spiro atoms. The van der Waals surface area contributed by atoms with Crippen LogP contribution in [0.3, 0.4) is 0 Å². The first-order valence-electron chi connectivity index (χ1n) is 7.00. The molecule has 1 aromatic carbocycles. The van der Waals surface area contributed by atoms with E-state index in [9.17, 15) is 9.59 Å². The van der Waals surface area contributed by atoms with E-state index in [2.05, 4.69) is 0 Å². The van der Waals surface area contributed by atoms with Gasteiger partial charge in [0.1, 0.15) is 0 Å². The van der Waals surface area contributed by atoms with Crippen molar-refractivity contribution >= 4 is 29.3 Å². The van der Waals surface area contributed by atoms with Gasteiger partial charge in [-0.2, -0.15) is 0 Å². The molecule has 1 N–H and O–H groups in total. The Bertz CT molecular complexity index is 521. The van der Waals surface area contributed by atoms with Gasteiger partial charge in [0.05, 0.1) is 12.2 Å². The second-order valence-corrected chi connectivity index (χ2v) is 6.23. The number of carboxylic acids is 1. The lowest BCUT2D eigenvalue weighted by molar-refractivity contribution is -0.137. The lowest BCUT2D eigenvalue weighted by atomic mass is 10.2. The fourth-order valence-corrected chi connectivity index (χ4v) is 3.32. The number of carbonyl (C=O) groups is 2. The number of nitrogens with zero attached hydrogens (tertiary/aromatic N) is 2. The maximum absolute atomic E-state index is 12.4. The summed E-state index contributed by atoms with van der Waals surface area (Å²) in [7, 11) is 1.85. The van der Waals surface area contributed by atoms with Crippen molar-refractivity contribution in [2.45, 2.75) is 17.7 Å². The number of rotatable bonds is 6. The Labute approximate surface area is 128 Å². The molecule has 0 saturated heterocycles. The van der Waals surface area contributed by atoms with E-state index in [1.165, 1.54) is 0 Å². The molecule has 21 heavy (non-hydrogen) atoms. The number of thioether (sulfide) groups is 1. The summed E-state index contributed by atoms with van der Waals surface area (Å²) in [4.78, 5) is 27.8. The topological polar surface area (TPSA) is 60.9 Å². The largest absolute Gasteiger partial charge is 0.481 e. The Morgan fingerprint density at radius 3 is 2.90 bits per heavy atom. The second kappa shape index (κ2) is 7.47. The number of likely N-dealkylation sites (N-methyl/N-ethyl adjacent to an activating group) is 1. The molecule has 0 saturated carbocycles. The van der Waals surface area contributed by atoms with Crippen LogP contribution in [-0.2, 0) is 9.59 Å². The highest BCUT2D eigenvalue weighted by Crippen LogP contribution is 2.34. The molecule has 1 aliphatic heterocycles. The van der Waals surface area contributed by atoms with Crippen molar-refractivity contribution in [2.75, 3.05) is 37.3 Å². The van der Waals surface area contributed by atoms with Crippen LogP contribution in [0.2, 0.25) is 0 Å². The fourth-order valence-electron chi connectivity index (χ4n) is 2.32. The lowest BCUT2D eigenvalue weighted by Gasteiger charge is -2.30. The first kappa shape index (κ1) is 15.9. The molecule has 0 bridgehead atoms. The summed E-state index contributed by atoms with van der Waals surface area (Å²) in [6, 6.07) is 7.94. The third-order valence-electron chi connectivity index (χ3n) is 3.37. The molecule has 0 aromatic heterocycles. The molecule has 1 heterocycles. The van der Waals surface area contributed by atoms with E-state index in [1.807, 2.05) is 41.1 Å². The average molecular weight is 308 g/mol. The first-order chi connectivity index (χ1) is 10.1. The predicted octanol–water partition coefficient (Wildman–Crippen LogP) is 1.92. The number of carboxylic acid groups (broad SMARTS) is 1. The van der Waals surface area contributed by atoms with Gasteiger partial charge >= 0.3 is 5.97 Å². The maximum atomic E-state index is 12.4. The van der Waals surface area contributed by atoms with Gasteiger partial charge in [-0.25, -0.2) is 0 Å². The van der Waals surface area contributed by atoms with Crippen LogP contribution >= 0.6 is 11.8 Å². The number of fused-ring (bicyclic) bond motifs is 1. The van der Waals surface area contributed by atoms with E-state index >= 15 is 0 Å². The van der Waals surface area contributed by atoms with Crippen LogP contribution in [0, 0.1) is 0 Å². The van der Waals surface area contributed by atoms with E-state index in [0.29, 0.717) is 19.5 Å².